The number of aryl methyl sites for hydroxylation is 1. The summed E-state index contributed by atoms with van der Waals surface area (Å²) in [5.74, 6) is 2.53. The minimum absolute atomic E-state index is 0.0927. The van der Waals surface area contributed by atoms with E-state index in [2.05, 4.69) is 24.3 Å². The first kappa shape index (κ1) is 24.8. The van der Waals surface area contributed by atoms with Crippen molar-refractivity contribution < 1.29 is 22.1 Å². The van der Waals surface area contributed by atoms with E-state index in [0.29, 0.717) is 11.8 Å². The Morgan fingerprint density at radius 1 is 0.806 bits per heavy atom. The number of methoxy groups -OCH3 is 2. The summed E-state index contributed by atoms with van der Waals surface area (Å²) >= 11 is 0. The zero-order valence-electron chi connectivity index (χ0n) is 21.1. The van der Waals surface area contributed by atoms with Crippen LogP contribution in [0.5, 0.6) is 11.5 Å². The van der Waals surface area contributed by atoms with Crippen LogP contribution in [0.15, 0.2) is 71.6 Å². The summed E-state index contributed by atoms with van der Waals surface area (Å²) in [5, 5.41) is 0. The van der Waals surface area contributed by atoms with E-state index in [4.69, 9.17) is 13.7 Å². The minimum atomic E-state index is -3.88. The molecule has 0 bridgehead atoms. The van der Waals surface area contributed by atoms with Gasteiger partial charge in [-0.15, -0.1) is 0 Å². The van der Waals surface area contributed by atoms with Gasteiger partial charge in [0.25, 0.3) is 10.1 Å². The van der Waals surface area contributed by atoms with Gasteiger partial charge >= 0.3 is 0 Å². The molecule has 0 spiro atoms. The number of hydrogen-bond acceptors (Lipinski definition) is 5. The van der Waals surface area contributed by atoms with Gasteiger partial charge in [0, 0.05) is 5.92 Å². The average Bonchev–Trinajstić information content (AvgIpc) is 2.91. The van der Waals surface area contributed by atoms with Crippen LogP contribution in [0.1, 0.15) is 65.7 Å². The molecule has 5 rings (SSSR count). The smallest absolute Gasteiger partial charge is 0.296 e. The van der Waals surface area contributed by atoms with Crippen LogP contribution in [0.25, 0.3) is 0 Å². The molecule has 0 saturated heterocycles. The van der Waals surface area contributed by atoms with Crippen LogP contribution in [-0.2, 0) is 14.3 Å². The first-order chi connectivity index (χ1) is 17.4. The van der Waals surface area contributed by atoms with Crippen molar-refractivity contribution >= 4 is 10.1 Å². The minimum Gasteiger partial charge on any atom is -0.497 e. The van der Waals surface area contributed by atoms with Crippen molar-refractivity contribution in [3.05, 3.63) is 89.0 Å². The maximum atomic E-state index is 13.1. The molecular formula is C30H34O5S. The summed E-state index contributed by atoms with van der Waals surface area (Å²) in [6.07, 6.45) is 4.63. The number of ether oxygens (including phenoxy) is 2. The molecule has 1 fully saturated rings. The van der Waals surface area contributed by atoms with Gasteiger partial charge in [-0.3, -0.25) is 4.18 Å². The largest absolute Gasteiger partial charge is 0.497 e. The second-order valence-electron chi connectivity index (χ2n) is 10.0. The zero-order chi connectivity index (χ0) is 25.3. The fourth-order valence-electron chi connectivity index (χ4n) is 6.24. The van der Waals surface area contributed by atoms with Gasteiger partial charge in [-0.2, -0.15) is 8.42 Å². The summed E-state index contributed by atoms with van der Waals surface area (Å²) in [5.41, 5.74) is 4.66. The number of hydrogen-bond donors (Lipinski definition) is 0. The predicted molar refractivity (Wildman–Crippen MR) is 140 cm³/mol. The first-order valence-corrected chi connectivity index (χ1v) is 14.1. The topological polar surface area (TPSA) is 61.8 Å². The summed E-state index contributed by atoms with van der Waals surface area (Å²) in [4.78, 5) is 0.190. The SMILES string of the molecule is COc1ccc([C@H]2[C@H]3CCCC[C@H]3c3cc(OC)ccc3[C@@H]2COS(=O)(=O)c2ccc(C)cc2)cc1. The van der Waals surface area contributed by atoms with Crippen LogP contribution < -0.4 is 9.47 Å². The summed E-state index contributed by atoms with van der Waals surface area (Å²) in [7, 11) is -0.520. The van der Waals surface area contributed by atoms with E-state index < -0.39 is 10.1 Å². The Bertz CT molecular complexity index is 1300. The highest BCUT2D eigenvalue weighted by atomic mass is 32.2. The number of fused-ring (bicyclic) bond motifs is 3. The highest BCUT2D eigenvalue weighted by molar-refractivity contribution is 7.86. The van der Waals surface area contributed by atoms with Crippen molar-refractivity contribution in [1.82, 2.24) is 0 Å². The third kappa shape index (κ3) is 4.76. The van der Waals surface area contributed by atoms with Crippen LogP contribution in [0.3, 0.4) is 0 Å². The molecule has 2 aliphatic rings. The van der Waals surface area contributed by atoms with E-state index in [1.54, 1.807) is 38.5 Å². The van der Waals surface area contributed by atoms with Gasteiger partial charge < -0.3 is 9.47 Å². The third-order valence-electron chi connectivity index (χ3n) is 8.02. The van der Waals surface area contributed by atoms with Crippen LogP contribution in [0.2, 0.25) is 0 Å². The van der Waals surface area contributed by atoms with Gasteiger partial charge in [0.05, 0.1) is 25.7 Å². The van der Waals surface area contributed by atoms with E-state index in [9.17, 15) is 8.42 Å². The second-order valence-corrected chi connectivity index (χ2v) is 11.6. The van der Waals surface area contributed by atoms with Gasteiger partial charge in [0.15, 0.2) is 0 Å². The highest BCUT2D eigenvalue weighted by Crippen LogP contribution is 2.57. The maximum Gasteiger partial charge on any atom is 0.296 e. The monoisotopic (exact) mass is 506 g/mol. The van der Waals surface area contributed by atoms with Crippen LogP contribution in [-0.4, -0.2) is 29.2 Å². The summed E-state index contributed by atoms with van der Waals surface area (Å²) in [6, 6.07) is 21.3. The third-order valence-corrected chi connectivity index (χ3v) is 9.32. The molecule has 0 aliphatic heterocycles. The standard InChI is InChI=1S/C30H34O5S/c1-20-8-15-24(16-9-20)36(31,32)35-19-29-26-17-14-23(34-3)18-28(26)25-6-4-5-7-27(25)30(29)21-10-12-22(33-2)13-11-21/h8-18,25,27,29-30H,4-7,19H2,1-3H3/t25-,27+,29+,30+/m1/s1. The molecule has 0 radical (unpaired) electrons. The van der Waals surface area contributed by atoms with Gasteiger partial charge in [0.2, 0.25) is 0 Å². The molecule has 3 aromatic rings. The maximum absolute atomic E-state index is 13.1. The molecule has 1 saturated carbocycles. The fourth-order valence-corrected chi connectivity index (χ4v) is 7.17. The normalized spacial score (nSPS) is 23.4. The molecule has 6 heteroatoms. The Morgan fingerprint density at radius 3 is 2.17 bits per heavy atom. The van der Waals surface area contributed by atoms with Gasteiger partial charge in [-0.1, -0.05) is 48.7 Å². The Hall–Kier alpha value is -2.83. The molecule has 0 amide bonds. The zero-order valence-corrected chi connectivity index (χ0v) is 22.0. The predicted octanol–water partition coefficient (Wildman–Crippen LogP) is 6.57. The molecule has 2 aliphatic carbocycles. The van der Waals surface area contributed by atoms with E-state index in [1.165, 1.54) is 29.5 Å². The van der Waals surface area contributed by atoms with E-state index >= 15 is 0 Å². The van der Waals surface area contributed by atoms with Crippen molar-refractivity contribution in [2.75, 3.05) is 20.8 Å². The van der Waals surface area contributed by atoms with Crippen LogP contribution >= 0.6 is 0 Å². The van der Waals surface area contributed by atoms with Crippen LogP contribution in [0.4, 0.5) is 0 Å². The molecule has 5 nitrogen and oxygen atoms in total. The molecule has 0 N–H and O–H groups in total. The van der Waals surface area contributed by atoms with Crippen molar-refractivity contribution in [2.45, 2.75) is 55.3 Å². The van der Waals surface area contributed by atoms with E-state index in [1.807, 2.05) is 25.1 Å². The Kier molecular flexibility index (Phi) is 7.09. The number of rotatable bonds is 7. The lowest BCUT2D eigenvalue weighted by Gasteiger charge is -2.47. The van der Waals surface area contributed by atoms with E-state index in [-0.39, 0.29) is 23.3 Å². The second kappa shape index (κ2) is 10.3. The van der Waals surface area contributed by atoms with Crippen molar-refractivity contribution in [2.24, 2.45) is 5.92 Å². The Balaban J connectivity index is 1.56. The Labute approximate surface area is 214 Å². The van der Waals surface area contributed by atoms with Crippen molar-refractivity contribution in [3.8, 4) is 11.5 Å². The molecule has 0 aromatic heterocycles. The molecule has 190 valence electrons. The van der Waals surface area contributed by atoms with Gasteiger partial charge in [-0.05, 0) is 90.6 Å². The average molecular weight is 507 g/mol. The lowest BCUT2D eigenvalue weighted by Crippen LogP contribution is -2.36. The van der Waals surface area contributed by atoms with Crippen LogP contribution in [0, 0.1) is 12.8 Å². The molecule has 0 unspecified atom stereocenters. The number of benzene rings is 3. The molecule has 0 heterocycles. The lowest BCUT2D eigenvalue weighted by atomic mass is 9.58. The Morgan fingerprint density at radius 2 is 1.47 bits per heavy atom. The van der Waals surface area contributed by atoms with Crippen molar-refractivity contribution in [3.63, 3.8) is 0 Å². The van der Waals surface area contributed by atoms with Gasteiger partial charge in [-0.25, -0.2) is 0 Å². The van der Waals surface area contributed by atoms with E-state index in [0.717, 1.165) is 29.9 Å². The molecule has 36 heavy (non-hydrogen) atoms. The first-order valence-electron chi connectivity index (χ1n) is 12.7. The quantitative estimate of drug-likeness (QED) is 0.339. The lowest BCUT2D eigenvalue weighted by molar-refractivity contribution is 0.179. The van der Waals surface area contributed by atoms with Crippen molar-refractivity contribution in [1.29, 1.82) is 0 Å². The summed E-state index contributed by atoms with van der Waals surface area (Å²) < 4.78 is 43.1. The molecule has 3 aromatic carbocycles. The summed E-state index contributed by atoms with van der Waals surface area (Å²) in [6.45, 7) is 2.03. The highest BCUT2D eigenvalue weighted by Gasteiger charge is 2.45. The molecular weight excluding hydrogens is 472 g/mol. The molecule has 4 atom stereocenters. The van der Waals surface area contributed by atoms with Gasteiger partial charge in [0.1, 0.15) is 11.5 Å². The fraction of sp³-hybridized carbons (Fsp3) is 0.400.